The highest BCUT2D eigenvalue weighted by Crippen LogP contribution is 2.42. The number of carbonyl (C=O) groups excluding carboxylic acids is 2. The monoisotopic (exact) mass is 382 g/mol. The molecule has 0 N–H and O–H groups in total. The van der Waals surface area contributed by atoms with E-state index >= 15 is 0 Å². The zero-order valence-electron chi connectivity index (χ0n) is 16.7. The highest BCUT2D eigenvalue weighted by molar-refractivity contribution is 5.94. The lowest BCUT2D eigenvalue weighted by molar-refractivity contribution is -0.128. The summed E-state index contributed by atoms with van der Waals surface area (Å²) in [6.45, 7) is 8.36. The minimum atomic E-state index is -0.0294. The molecule has 2 amide bonds. The van der Waals surface area contributed by atoms with E-state index in [0.717, 1.165) is 42.1 Å². The normalized spacial score (nSPS) is 18.9. The van der Waals surface area contributed by atoms with Gasteiger partial charge in [-0.25, -0.2) is 0 Å². The van der Waals surface area contributed by atoms with Gasteiger partial charge in [0.1, 0.15) is 5.76 Å². The molecule has 4 heterocycles. The van der Waals surface area contributed by atoms with Crippen LogP contribution in [0.1, 0.15) is 52.3 Å². The average Bonchev–Trinajstić information content (AvgIpc) is 3.16. The van der Waals surface area contributed by atoms with Gasteiger partial charge >= 0.3 is 0 Å². The van der Waals surface area contributed by atoms with Gasteiger partial charge in [-0.3, -0.25) is 14.6 Å². The van der Waals surface area contributed by atoms with E-state index in [0.29, 0.717) is 31.6 Å². The van der Waals surface area contributed by atoms with Crippen LogP contribution in [0.4, 0.5) is 0 Å². The molecule has 0 aliphatic carbocycles. The Morgan fingerprint density at radius 3 is 2.57 bits per heavy atom. The maximum Gasteiger partial charge on any atom is 0.255 e. The molecular weight excluding hydrogens is 356 g/mol. The van der Waals surface area contributed by atoms with E-state index in [-0.39, 0.29) is 17.2 Å². The van der Waals surface area contributed by atoms with Gasteiger partial charge in [-0.05, 0) is 45.7 Å². The number of rotatable bonds is 3. The Bertz CT molecular complexity index is 875. The van der Waals surface area contributed by atoms with Crippen LogP contribution < -0.4 is 0 Å². The topological polar surface area (TPSA) is 79.5 Å². The lowest BCUT2D eigenvalue weighted by Gasteiger charge is -2.38. The van der Waals surface area contributed by atoms with Crippen LogP contribution >= 0.6 is 0 Å². The molecule has 148 valence electrons. The number of hydrogen-bond acceptors (Lipinski definition) is 5. The third-order valence-electron chi connectivity index (χ3n) is 6.21. The first-order valence-electron chi connectivity index (χ1n) is 9.78. The Kier molecular flexibility index (Phi) is 4.69. The van der Waals surface area contributed by atoms with Crippen molar-refractivity contribution in [3.8, 4) is 0 Å². The lowest BCUT2D eigenvalue weighted by Crippen LogP contribution is -2.44. The smallest absolute Gasteiger partial charge is 0.255 e. The first-order chi connectivity index (χ1) is 13.4. The highest BCUT2D eigenvalue weighted by atomic mass is 16.5. The molecule has 2 aromatic heterocycles. The molecular formula is C21H26N4O3. The summed E-state index contributed by atoms with van der Waals surface area (Å²) in [5.74, 6) is 0.986. The van der Waals surface area contributed by atoms with Crippen molar-refractivity contribution in [1.82, 2.24) is 19.9 Å². The maximum absolute atomic E-state index is 12.7. The summed E-state index contributed by atoms with van der Waals surface area (Å²) >= 11 is 0. The molecule has 0 saturated carbocycles. The molecule has 7 nitrogen and oxygen atoms in total. The molecule has 0 bridgehead atoms. The molecule has 2 saturated heterocycles. The minimum Gasteiger partial charge on any atom is -0.361 e. The molecule has 0 aromatic carbocycles. The molecule has 28 heavy (non-hydrogen) atoms. The fourth-order valence-electron chi connectivity index (χ4n) is 4.34. The van der Waals surface area contributed by atoms with Crippen LogP contribution in [0, 0.1) is 26.2 Å². The van der Waals surface area contributed by atoms with Crippen LogP contribution in [-0.2, 0) is 11.3 Å². The van der Waals surface area contributed by atoms with Crippen LogP contribution in [-0.4, -0.2) is 51.4 Å². The summed E-state index contributed by atoms with van der Waals surface area (Å²) in [7, 11) is 0. The third kappa shape index (κ3) is 3.41. The van der Waals surface area contributed by atoms with Crippen LogP contribution in [0.2, 0.25) is 0 Å². The van der Waals surface area contributed by atoms with E-state index in [1.54, 1.807) is 6.20 Å². The van der Waals surface area contributed by atoms with Gasteiger partial charge in [0, 0.05) is 48.9 Å². The molecule has 2 aromatic rings. The number of nitrogens with zero attached hydrogens (tertiary/aromatic N) is 4. The average molecular weight is 382 g/mol. The molecule has 0 unspecified atom stereocenters. The van der Waals surface area contributed by atoms with Crippen molar-refractivity contribution in [3.05, 3.63) is 46.6 Å². The van der Waals surface area contributed by atoms with Gasteiger partial charge in [0.05, 0.1) is 17.8 Å². The second-order valence-electron chi connectivity index (χ2n) is 8.21. The molecule has 0 atom stereocenters. The second-order valence-corrected chi connectivity index (χ2v) is 8.21. The number of likely N-dealkylation sites (tertiary alicyclic amines) is 2. The summed E-state index contributed by atoms with van der Waals surface area (Å²) in [6.07, 6.45) is 3.90. The quantitative estimate of drug-likeness (QED) is 0.815. The minimum absolute atomic E-state index is 0.0271. The van der Waals surface area contributed by atoms with Crippen molar-refractivity contribution in [3.63, 3.8) is 0 Å². The van der Waals surface area contributed by atoms with Gasteiger partial charge < -0.3 is 14.3 Å². The van der Waals surface area contributed by atoms with Crippen molar-refractivity contribution in [2.75, 3.05) is 19.6 Å². The third-order valence-corrected chi connectivity index (χ3v) is 6.21. The van der Waals surface area contributed by atoms with Crippen LogP contribution in [0.5, 0.6) is 0 Å². The Balaban J connectivity index is 1.39. The van der Waals surface area contributed by atoms with Crippen molar-refractivity contribution in [2.45, 2.75) is 46.6 Å². The van der Waals surface area contributed by atoms with E-state index in [1.165, 1.54) is 0 Å². The van der Waals surface area contributed by atoms with Crippen molar-refractivity contribution < 1.29 is 14.1 Å². The highest BCUT2D eigenvalue weighted by Gasteiger charge is 2.45. The predicted octanol–water partition coefficient (Wildman–Crippen LogP) is 2.65. The Morgan fingerprint density at radius 2 is 1.96 bits per heavy atom. The molecule has 2 aliphatic rings. The maximum atomic E-state index is 12.7. The molecule has 2 aliphatic heterocycles. The van der Waals surface area contributed by atoms with E-state index < -0.39 is 0 Å². The lowest BCUT2D eigenvalue weighted by atomic mass is 9.77. The summed E-state index contributed by atoms with van der Waals surface area (Å²) < 4.78 is 5.23. The van der Waals surface area contributed by atoms with Crippen molar-refractivity contribution >= 4 is 11.8 Å². The van der Waals surface area contributed by atoms with Crippen LogP contribution in [0.3, 0.4) is 0 Å². The number of carbonyl (C=O) groups is 2. The first kappa shape index (κ1) is 18.7. The zero-order chi connectivity index (χ0) is 19.9. The SMILES string of the molecule is Cc1ccc(C(=O)N2CCC3(CC2)CC(=O)N(Cc2c(C)noc2C)C3)cn1. The van der Waals surface area contributed by atoms with Gasteiger partial charge in [-0.15, -0.1) is 0 Å². The zero-order valence-corrected chi connectivity index (χ0v) is 16.7. The van der Waals surface area contributed by atoms with Gasteiger partial charge in [-0.1, -0.05) is 5.16 Å². The number of piperidine rings is 1. The molecule has 1 spiro atoms. The number of aromatic nitrogens is 2. The van der Waals surface area contributed by atoms with Crippen LogP contribution in [0.25, 0.3) is 0 Å². The molecule has 4 rings (SSSR count). The van der Waals surface area contributed by atoms with Crippen molar-refractivity contribution in [1.29, 1.82) is 0 Å². The molecule has 7 heteroatoms. The van der Waals surface area contributed by atoms with Gasteiger partial charge in [-0.2, -0.15) is 0 Å². The summed E-state index contributed by atoms with van der Waals surface area (Å²) in [6, 6.07) is 3.69. The van der Waals surface area contributed by atoms with Gasteiger partial charge in [0.2, 0.25) is 5.91 Å². The van der Waals surface area contributed by atoms with Crippen molar-refractivity contribution in [2.24, 2.45) is 5.41 Å². The molecule has 0 radical (unpaired) electrons. The number of aryl methyl sites for hydroxylation is 3. The summed E-state index contributed by atoms with van der Waals surface area (Å²) in [5, 5.41) is 3.99. The number of hydrogen-bond donors (Lipinski definition) is 0. The van der Waals surface area contributed by atoms with Gasteiger partial charge in [0.15, 0.2) is 0 Å². The Labute approximate surface area is 164 Å². The standard InChI is InChI=1S/C21H26N4O3/c1-14-4-5-17(11-22-14)20(27)24-8-6-21(7-9-24)10-19(26)25(13-21)12-18-15(2)23-28-16(18)3/h4-5,11H,6-10,12-13H2,1-3H3. The van der Waals surface area contributed by atoms with Crippen LogP contribution in [0.15, 0.2) is 22.9 Å². The second kappa shape index (κ2) is 7.04. The fraction of sp³-hybridized carbons (Fsp3) is 0.524. The Morgan fingerprint density at radius 1 is 1.21 bits per heavy atom. The number of pyridine rings is 1. The van der Waals surface area contributed by atoms with E-state index in [4.69, 9.17) is 4.52 Å². The Hall–Kier alpha value is -2.70. The van der Waals surface area contributed by atoms with E-state index in [1.807, 2.05) is 42.7 Å². The van der Waals surface area contributed by atoms with Gasteiger partial charge in [0.25, 0.3) is 5.91 Å². The van der Waals surface area contributed by atoms with E-state index in [2.05, 4.69) is 10.1 Å². The first-order valence-corrected chi connectivity index (χ1v) is 9.78. The summed E-state index contributed by atoms with van der Waals surface area (Å²) in [5.41, 5.74) is 3.35. The predicted molar refractivity (Wildman–Crippen MR) is 103 cm³/mol. The molecule has 2 fully saturated rings. The number of amides is 2. The summed E-state index contributed by atoms with van der Waals surface area (Å²) in [4.78, 5) is 33.4. The largest absolute Gasteiger partial charge is 0.361 e. The fourth-order valence-corrected chi connectivity index (χ4v) is 4.34. The van der Waals surface area contributed by atoms with E-state index in [9.17, 15) is 9.59 Å².